The Morgan fingerprint density at radius 1 is 1.33 bits per heavy atom. The molecule has 6 nitrogen and oxygen atoms in total. The molecule has 0 saturated heterocycles. The van der Waals surface area contributed by atoms with E-state index in [0.717, 1.165) is 5.56 Å². The van der Waals surface area contributed by atoms with Gasteiger partial charge in [-0.25, -0.2) is 4.98 Å². The Kier molecular flexibility index (Phi) is 4.49. The molecule has 0 bridgehead atoms. The first kappa shape index (κ1) is 14.9. The predicted octanol–water partition coefficient (Wildman–Crippen LogP) is 0.850. The van der Waals surface area contributed by atoms with Gasteiger partial charge in [0.15, 0.2) is 5.69 Å². The average Bonchev–Trinajstić information content (AvgIpc) is 2.49. The largest absolute Gasteiger partial charge is 0.394 e. The van der Waals surface area contributed by atoms with Gasteiger partial charge in [-0.15, -0.1) is 0 Å². The van der Waals surface area contributed by atoms with Gasteiger partial charge in [0.2, 0.25) is 0 Å². The van der Waals surface area contributed by atoms with Gasteiger partial charge in [-0.1, -0.05) is 30.3 Å². The zero-order chi connectivity index (χ0) is 15.4. The van der Waals surface area contributed by atoms with Crippen molar-refractivity contribution in [2.24, 2.45) is 0 Å². The molecule has 0 aliphatic carbocycles. The normalized spacial score (nSPS) is 12.0. The molecule has 0 saturated carbocycles. The van der Waals surface area contributed by atoms with E-state index < -0.39 is 17.5 Å². The van der Waals surface area contributed by atoms with Crippen LogP contribution < -0.4 is 10.9 Å². The fraction of sp³-hybridized carbons (Fsp3) is 0.267. The minimum atomic E-state index is -0.609. The van der Waals surface area contributed by atoms with Gasteiger partial charge in [0.1, 0.15) is 0 Å². The van der Waals surface area contributed by atoms with Gasteiger partial charge in [0.05, 0.1) is 18.3 Å². The van der Waals surface area contributed by atoms with Crippen molar-refractivity contribution in [2.75, 3.05) is 6.61 Å². The number of aromatic amines is 1. The molecule has 21 heavy (non-hydrogen) atoms. The second kappa shape index (κ2) is 6.32. The van der Waals surface area contributed by atoms with Crippen molar-refractivity contribution in [3.8, 4) is 0 Å². The number of aromatic nitrogens is 2. The van der Waals surface area contributed by atoms with E-state index in [9.17, 15) is 14.7 Å². The molecular weight excluding hydrogens is 270 g/mol. The summed E-state index contributed by atoms with van der Waals surface area (Å²) in [6.07, 6.45) is 0. The quantitative estimate of drug-likeness (QED) is 0.777. The van der Waals surface area contributed by atoms with E-state index in [1.165, 1.54) is 0 Å². The minimum Gasteiger partial charge on any atom is -0.394 e. The van der Waals surface area contributed by atoms with Gasteiger partial charge in [-0.2, -0.15) is 0 Å². The summed E-state index contributed by atoms with van der Waals surface area (Å²) < 4.78 is 0. The molecule has 0 spiro atoms. The first-order chi connectivity index (χ1) is 10.0. The van der Waals surface area contributed by atoms with Crippen LogP contribution in [-0.4, -0.2) is 27.6 Å². The number of aryl methyl sites for hydroxylation is 2. The molecular formula is C15H17N3O3. The van der Waals surface area contributed by atoms with Gasteiger partial charge >= 0.3 is 0 Å². The highest BCUT2D eigenvalue weighted by molar-refractivity contribution is 5.92. The Labute approximate surface area is 121 Å². The number of aliphatic hydroxyl groups excluding tert-OH is 1. The molecule has 2 aromatic rings. The van der Waals surface area contributed by atoms with Crippen molar-refractivity contribution in [1.82, 2.24) is 15.3 Å². The summed E-state index contributed by atoms with van der Waals surface area (Å²) in [5.41, 5.74) is 1.22. The molecule has 0 fully saturated rings. The van der Waals surface area contributed by atoms with E-state index in [4.69, 9.17) is 0 Å². The van der Waals surface area contributed by atoms with E-state index in [0.29, 0.717) is 11.4 Å². The molecule has 1 heterocycles. The summed E-state index contributed by atoms with van der Waals surface area (Å²) in [6, 6.07) is 8.46. The van der Waals surface area contributed by atoms with Crippen LogP contribution in [-0.2, 0) is 0 Å². The van der Waals surface area contributed by atoms with Crippen LogP contribution >= 0.6 is 0 Å². The van der Waals surface area contributed by atoms with Crippen LogP contribution in [0.25, 0.3) is 0 Å². The summed E-state index contributed by atoms with van der Waals surface area (Å²) >= 11 is 0. The number of amides is 1. The third-order valence-corrected chi connectivity index (χ3v) is 3.24. The Hall–Kier alpha value is -2.47. The van der Waals surface area contributed by atoms with Crippen LogP contribution in [0.1, 0.15) is 33.5 Å². The first-order valence-electron chi connectivity index (χ1n) is 6.57. The summed E-state index contributed by atoms with van der Waals surface area (Å²) in [7, 11) is 0. The van der Waals surface area contributed by atoms with E-state index >= 15 is 0 Å². The fourth-order valence-electron chi connectivity index (χ4n) is 1.92. The van der Waals surface area contributed by atoms with Crippen molar-refractivity contribution in [1.29, 1.82) is 0 Å². The molecule has 0 radical (unpaired) electrons. The molecule has 1 amide bonds. The second-order valence-electron chi connectivity index (χ2n) is 4.74. The lowest BCUT2D eigenvalue weighted by molar-refractivity contribution is 0.0909. The van der Waals surface area contributed by atoms with Gasteiger partial charge < -0.3 is 15.4 Å². The van der Waals surface area contributed by atoms with Gasteiger partial charge in [0, 0.05) is 5.69 Å². The number of benzene rings is 1. The first-order valence-corrected chi connectivity index (χ1v) is 6.57. The van der Waals surface area contributed by atoms with Crippen LogP contribution in [0.3, 0.4) is 0 Å². The van der Waals surface area contributed by atoms with Crippen LogP contribution in [0.2, 0.25) is 0 Å². The number of H-pyrrole nitrogens is 1. The fourth-order valence-corrected chi connectivity index (χ4v) is 1.92. The van der Waals surface area contributed by atoms with Crippen molar-refractivity contribution >= 4 is 5.91 Å². The summed E-state index contributed by atoms with van der Waals surface area (Å²) in [4.78, 5) is 30.6. The van der Waals surface area contributed by atoms with Crippen LogP contribution in [0.5, 0.6) is 0 Å². The maximum absolute atomic E-state index is 12.2. The number of rotatable bonds is 4. The molecule has 0 aliphatic rings. The topological polar surface area (TPSA) is 95.1 Å². The standard InChI is InChI=1S/C15H17N3O3/c1-9-10(2)17-14(20)13(16-9)15(21)18-12(8-19)11-6-4-3-5-7-11/h3-7,12,19H,8H2,1-2H3,(H,17,20)(H,18,21)/t12-/m0/s1. The third-order valence-electron chi connectivity index (χ3n) is 3.24. The number of carbonyl (C=O) groups is 1. The summed E-state index contributed by atoms with van der Waals surface area (Å²) in [5.74, 6) is -0.609. The Bertz CT molecular complexity index is 695. The number of hydrogen-bond donors (Lipinski definition) is 3. The lowest BCUT2D eigenvalue weighted by Crippen LogP contribution is -2.35. The van der Waals surface area contributed by atoms with Gasteiger partial charge in [-0.05, 0) is 19.4 Å². The van der Waals surface area contributed by atoms with E-state index in [2.05, 4.69) is 15.3 Å². The van der Waals surface area contributed by atoms with Gasteiger partial charge in [0.25, 0.3) is 11.5 Å². The highest BCUT2D eigenvalue weighted by Crippen LogP contribution is 2.12. The Balaban J connectivity index is 2.25. The molecule has 3 N–H and O–H groups in total. The average molecular weight is 287 g/mol. The second-order valence-corrected chi connectivity index (χ2v) is 4.74. The lowest BCUT2D eigenvalue weighted by Gasteiger charge is -2.16. The molecule has 2 rings (SSSR count). The lowest BCUT2D eigenvalue weighted by atomic mass is 10.1. The SMILES string of the molecule is Cc1nc(C(=O)N[C@@H](CO)c2ccccc2)c(=O)[nH]c1C. The van der Waals surface area contributed by atoms with Crippen molar-refractivity contribution < 1.29 is 9.90 Å². The minimum absolute atomic E-state index is 0.201. The summed E-state index contributed by atoms with van der Waals surface area (Å²) in [5, 5.41) is 12.0. The molecule has 6 heteroatoms. The monoisotopic (exact) mass is 287 g/mol. The molecule has 1 aromatic heterocycles. The Morgan fingerprint density at radius 3 is 2.62 bits per heavy atom. The highest BCUT2D eigenvalue weighted by Gasteiger charge is 2.19. The molecule has 0 unspecified atom stereocenters. The van der Waals surface area contributed by atoms with Crippen LogP contribution in [0, 0.1) is 13.8 Å². The predicted molar refractivity (Wildman–Crippen MR) is 78.1 cm³/mol. The number of aliphatic hydroxyl groups is 1. The third kappa shape index (κ3) is 3.35. The summed E-state index contributed by atoms with van der Waals surface area (Å²) in [6.45, 7) is 3.16. The number of nitrogens with one attached hydrogen (secondary N) is 2. The Morgan fingerprint density at radius 2 is 2.00 bits per heavy atom. The van der Waals surface area contributed by atoms with Crippen molar-refractivity contribution in [2.45, 2.75) is 19.9 Å². The molecule has 110 valence electrons. The molecule has 0 aliphatic heterocycles. The van der Waals surface area contributed by atoms with Crippen molar-refractivity contribution in [3.63, 3.8) is 0 Å². The smallest absolute Gasteiger partial charge is 0.279 e. The molecule has 1 atom stereocenters. The van der Waals surface area contributed by atoms with Crippen LogP contribution in [0.15, 0.2) is 35.1 Å². The van der Waals surface area contributed by atoms with E-state index in [-0.39, 0.29) is 12.3 Å². The number of nitrogens with zero attached hydrogens (tertiary/aromatic N) is 1. The number of carbonyl (C=O) groups excluding carboxylic acids is 1. The zero-order valence-electron chi connectivity index (χ0n) is 11.9. The van der Waals surface area contributed by atoms with Gasteiger partial charge in [-0.3, -0.25) is 9.59 Å². The van der Waals surface area contributed by atoms with E-state index in [1.807, 2.05) is 18.2 Å². The van der Waals surface area contributed by atoms with Crippen molar-refractivity contribution in [3.05, 3.63) is 63.3 Å². The molecule has 1 aromatic carbocycles. The number of hydrogen-bond acceptors (Lipinski definition) is 4. The zero-order valence-corrected chi connectivity index (χ0v) is 11.9. The highest BCUT2D eigenvalue weighted by atomic mass is 16.3. The van der Waals surface area contributed by atoms with E-state index in [1.54, 1.807) is 26.0 Å². The maximum Gasteiger partial charge on any atom is 0.279 e. The van der Waals surface area contributed by atoms with Crippen LogP contribution in [0.4, 0.5) is 0 Å². The maximum atomic E-state index is 12.2.